The number of guanidine groups is 1. The molecule has 0 saturated carbocycles. The zero-order chi connectivity index (χ0) is 22.7. The van der Waals surface area contributed by atoms with Crippen LogP contribution in [0.4, 0.5) is 0 Å². The highest BCUT2D eigenvalue weighted by Gasteiger charge is 2.17. The predicted octanol–water partition coefficient (Wildman–Crippen LogP) is 2.42. The Bertz CT molecular complexity index is 830. The molecule has 1 amide bonds. The molecule has 1 heterocycles. The second-order valence-electron chi connectivity index (χ2n) is 8.24. The quantitative estimate of drug-likeness (QED) is 0.253. The largest absolute Gasteiger partial charge is 0.355 e. The van der Waals surface area contributed by atoms with E-state index in [1.165, 1.54) is 4.90 Å². The maximum atomic E-state index is 12.4. The minimum absolute atomic E-state index is 0.0322. The molecule has 0 saturated heterocycles. The van der Waals surface area contributed by atoms with E-state index in [1.54, 1.807) is 18.1 Å². The van der Waals surface area contributed by atoms with Crippen molar-refractivity contribution in [2.45, 2.75) is 51.1 Å². The van der Waals surface area contributed by atoms with Gasteiger partial charge in [-0.15, -0.1) is 22.0 Å². The SMILES string of the molecule is CCc1nncn1CCN=C(NCCSc1ccccc1)N(C)CC(=O)NC(C)(C)C. The van der Waals surface area contributed by atoms with Gasteiger partial charge < -0.3 is 20.1 Å². The lowest BCUT2D eigenvalue weighted by Gasteiger charge is -2.25. The van der Waals surface area contributed by atoms with E-state index in [1.807, 2.05) is 55.5 Å². The van der Waals surface area contributed by atoms with Crippen molar-refractivity contribution in [2.75, 3.05) is 32.4 Å². The van der Waals surface area contributed by atoms with Crippen LogP contribution in [0.15, 0.2) is 46.5 Å². The molecule has 2 N–H and O–H groups in total. The summed E-state index contributed by atoms with van der Waals surface area (Å²) in [7, 11) is 1.88. The minimum Gasteiger partial charge on any atom is -0.355 e. The molecule has 0 aliphatic rings. The number of amides is 1. The van der Waals surface area contributed by atoms with Crippen LogP contribution in [0.3, 0.4) is 0 Å². The van der Waals surface area contributed by atoms with Crippen LogP contribution in [0, 0.1) is 0 Å². The Labute approximate surface area is 189 Å². The molecule has 0 fully saturated rings. The molecule has 8 nitrogen and oxygen atoms in total. The molecular formula is C22H35N7OS. The number of aromatic nitrogens is 3. The summed E-state index contributed by atoms with van der Waals surface area (Å²) in [5.74, 6) is 2.53. The Hall–Kier alpha value is -2.55. The van der Waals surface area contributed by atoms with Crippen LogP contribution in [-0.2, 0) is 17.8 Å². The van der Waals surface area contributed by atoms with Crippen LogP contribution in [-0.4, -0.2) is 69.5 Å². The number of likely N-dealkylation sites (N-methyl/N-ethyl adjacent to an activating group) is 1. The average Bonchev–Trinajstić information content (AvgIpc) is 3.16. The Morgan fingerprint density at radius 1 is 1.26 bits per heavy atom. The first-order chi connectivity index (χ1) is 14.8. The summed E-state index contributed by atoms with van der Waals surface area (Å²) in [6, 6.07) is 10.3. The van der Waals surface area contributed by atoms with Gasteiger partial charge in [0.05, 0.1) is 13.1 Å². The predicted molar refractivity (Wildman–Crippen MR) is 127 cm³/mol. The van der Waals surface area contributed by atoms with Gasteiger partial charge >= 0.3 is 0 Å². The van der Waals surface area contributed by atoms with Gasteiger partial charge in [0.25, 0.3) is 0 Å². The summed E-state index contributed by atoms with van der Waals surface area (Å²) in [5.41, 5.74) is -0.264. The van der Waals surface area contributed by atoms with Crippen molar-refractivity contribution in [3.8, 4) is 0 Å². The molecular weight excluding hydrogens is 410 g/mol. The fourth-order valence-corrected chi connectivity index (χ4v) is 3.70. The summed E-state index contributed by atoms with van der Waals surface area (Å²) < 4.78 is 2.01. The molecule has 0 atom stereocenters. The third-order valence-electron chi connectivity index (χ3n) is 4.27. The number of aryl methyl sites for hydroxylation is 1. The standard InChI is InChI=1S/C22H35N7OS/c1-6-19-27-25-17-29(19)14-12-23-21(28(5)16-20(30)26-22(2,3)4)24-13-15-31-18-10-8-7-9-11-18/h7-11,17H,6,12-16H2,1-5H3,(H,23,24)(H,26,30). The topological polar surface area (TPSA) is 87.4 Å². The maximum absolute atomic E-state index is 12.4. The molecule has 0 unspecified atom stereocenters. The summed E-state index contributed by atoms with van der Waals surface area (Å²) in [6.07, 6.45) is 2.57. The molecule has 0 radical (unpaired) electrons. The van der Waals surface area contributed by atoms with Crippen LogP contribution >= 0.6 is 11.8 Å². The lowest BCUT2D eigenvalue weighted by atomic mass is 10.1. The number of hydrogen-bond acceptors (Lipinski definition) is 5. The number of aliphatic imine (C=N–C) groups is 1. The average molecular weight is 446 g/mol. The molecule has 9 heteroatoms. The van der Waals surface area contributed by atoms with Crippen LogP contribution in [0.1, 0.15) is 33.5 Å². The Morgan fingerprint density at radius 2 is 2.00 bits per heavy atom. The third-order valence-corrected chi connectivity index (χ3v) is 5.28. The monoisotopic (exact) mass is 445 g/mol. The molecule has 2 rings (SSSR count). The van der Waals surface area contributed by atoms with E-state index in [2.05, 4.69) is 39.9 Å². The molecule has 1 aromatic carbocycles. The molecule has 0 aliphatic heterocycles. The highest BCUT2D eigenvalue weighted by Crippen LogP contribution is 2.15. The van der Waals surface area contributed by atoms with Gasteiger partial charge in [0.2, 0.25) is 5.91 Å². The number of thioether (sulfide) groups is 1. The number of hydrogen-bond donors (Lipinski definition) is 2. The lowest BCUT2D eigenvalue weighted by Crippen LogP contribution is -2.49. The van der Waals surface area contributed by atoms with Gasteiger partial charge in [-0.3, -0.25) is 9.79 Å². The minimum atomic E-state index is -0.264. The van der Waals surface area contributed by atoms with Gasteiger partial charge in [0.1, 0.15) is 12.2 Å². The van der Waals surface area contributed by atoms with E-state index < -0.39 is 0 Å². The number of nitrogens with zero attached hydrogens (tertiary/aromatic N) is 5. The molecule has 31 heavy (non-hydrogen) atoms. The zero-order valence-corrected chi connectivity index (χ0v) is 20.1. The van der Waals surface area contributed by atoms with E-state index in [0.29, 0.717) is 19.0 Å². The fourth-order valence-electron chi connectivity index (χ4n) is 2.91. The Balaban J connectivity index is 1.94. The number of rotatable bonds is 10. The van der Waals surface area contributed by atoms with Crippen LogP contribution in [0.5, 0.6) is 0 Å². The van der Waals surface area contributed by atoms with Crippen LogP contribution < -0.4 is 10.6 Å². The van der Waals surface area contributed by atoms with Gasteiger partial charge in [-0.2, -0.15) is 0 Å². The second-order valence-corrected chi connectivity index (χ2v) is 9.41. The molecule has 2 aromatic rings. The van der Waals surface area contributed by atoms with Crippen molar-refractivity contribution in [3.63, 3.8) is 0 Å². The van der Waals surface area contributed by atoms with E-state index in [-0.39, 0.29) is 18.0 Å². The van der Waals surface area contributed by atoms with Gasteiger partial charge in [-0.25, -0.2) is 0 Å². The summed E-state index contributed by atoms with van der Waals surface area (Å²) in [5, 5.41) is 14.5. The second kappa shape index (κ2) is 12.3. The number of carbonyl (C=O) groups excluding carboxylic acids is 1. The summed E-state index contributed by atoms with van der Waals surface area (Å²) in [6.45, 7) is 10.2. The third kappa shape index (κ3) is 9.42. The maximum Gasteiger partial charge on any atom is 0.240 e. The Kier molecular flexibility index (Phi) is 9.84. The van der Waals surface area contributed by atoms with Gasteiger partial charge in [-0.1, -0.05) is 25.1 Å². The number of carbonyl (C=O) groups is 1. The van der Waals surface area contributed by atoms with Gasteiger partial charge in [0, 0.05) is 42.7 Å². The first-order valence-corrected chi connectivity index (χ1v) is 11.6. The van der Waals surface area contributed by atoms with E-state index in [0.717, 1.165) is 24.5 Å². The first kappa shape index (κ1) is 24.7. The van der Waals surface area contributed by atoms with Crippen LogP contribution in [0.2, 0.25) is 0 Å². The van der Waals surface area contributed by atoms with Crippen molar-refractivity contribution in [1.29, 1.82) is 0 Å². The van der Waals surface area contributed by atoms with E-state index >= 15 is 0 Å². The van der Waals surface area contributed by atoms with Crippen molar-refractivity contribution in [1.82, 2.24) is 30.3 Å². The van der Waals surface area contributed by atoms with E-state index in [9.17, 15) is 4.79 Å². The summed E-state index contributed by atoms with van der Waals surface area (Å²) >= 11 is 1.79. The van der Waals surface area contributed by atoms with Gasteiger partial charge in [-0.05, 0) is 32.9 Å². The molecule has 0 spiro atoms. The van der Waals surface area contributed by atoms with Crippen molar-refractivity contribution < 1.29 is 4.79 Å². The molecule has 170 valence electrons. The van der Waals surface area contributed by atoms with Gasteiger partial charge in [0.15, 0.2) is 5.96 Å². The highest BCUT2D eigenvalue weighted by molar-refractivity contribution is 7.99. The van der Waals surface area contributed by atoms with Crippen molar-refractivity contribution in [3.05, 3.63) is 42.5 Å². The lowest BCUT2D eigenvalue weighted by molar-refractivity contribution is -0.122. The molecule has 0 bridgehead atoms. The normalized spacial score (nSPS) is 12.0. The van der Waals surface area contributed by atoms with Crippen LogP contribution in [0.25, 0.3) is 0 Å². The highest BCUT2D eigenvalue weighted by atomic mass is 32.2. The fraction of sp³-hybridized carbons (Fsp3) is 0.545. The van der Waals surface area contributed by atoms with Crippen molar-refractivity contribution >= 4 is 23.6 Å². The summed E-state index contributed by atoms with van der Waals surface area (Å²) in [4.78, 5) is 20.2. The van der Waals surface area contributed by atoms with E-state index in [4.69, 9.17) is 4.99 Å². The first-order valence-electron chi connectivity index (χ1n) is 10.6. The Morgan fingerprint density at radius 3 is 2.68 bits per heavy atom. The smallest absolute Gasteiger partial charge is 0.240 e. The number of nitrogens with one attached hydrogen (secondary N) is 2. The molecule has 1 aromatic heterocycles. The number of benzene rings is 1. The zero-order valence-electron chi connectivity index (χ0n) is 19.3. The van der Waals surface area contributed by atoms with Crippen molar-refractivity contribution in [2.24, 2.45) is 4.99 Å². The molecule has 0 aliphatic carbocycles.